The minimum Gasteiger partial charge on any atom is -0.392 e. The van der Waals surface area contributed by atoms with Gasteiger partial charge in [0, 0.05) is 17.8 Å². The summed E-state index contributed by atoms with van der Waals surface area (Å²) in [7, 11) is 0. The van der Waals surface area contributed by atoms with Crippen LogP contribution in [0.3, 0.4) is 0 Å². The third-order valence-corrected chi connectivity index (χ3v) is 2.78. The van der Waals surface area contributed by atoms with Gasteiger partial charge in [0.15, 0.2) is 0 Å². The number of aliphatic hydroxyl groups excluding tert-OH is 1. The van der Waals surface area contributed by atoms with Crippen LogP contribution < -0.4 is 5.32 Å². The number of carbonyl (C=O) groups is 1. The van der Waals surface area contributed by atoms with Crippen LogP contribution in [-0.2, 0) is 17.9 Å². The van der Waals surface area contributed by atoms with E-state index in [0.29, 0.717) is 6.54 Å². The predicted octanol–water partition coefficient (Wildman–Crippen LogP) is 1.66. The molecule has 0 unspecified atom stereocenters. The van der Waals surface area contributed by atoms with Crippen LogP contribution in [0.5, 0.6) is 0 Å². The third kappa shape index (κ3) is 2.71. The molecule has 4 nitrogen and oxygen atoms in total. The lowest BCUT2D eigenvalue weighted by atomic mass is 10.2. The van der Waals surface area contributed by atoms with E-state index in [9.17, 15) is 4.79 Å². The summed E-state index contributed by atoms with van der Waals surface area (Å²) in [6.45, 7) is 4.20. The molecule has 2 N–H and O–H groups in total. The van der Waals surface area contributed by atoms with Crippen molar-refractivity contribution < 1.29 is 9.90 Å². The van der Waals surface area contributed by atoms with E-state index in [-0.39, 0.29) is 18.6 Å². The van der Waals surface area contributed by atoms with Gasteiger partial charge in [-0.2, -0.15) is 0 Å². The Labute approximate surface area is 106 Å². The van der Waals surface area contributed by atoms with E-state index < -0.39 is 0 Å². The van der Waals surface area contributed by atoms with Gasteiger partial charge in [-0.3, -0.25) is 4.79 Å². The van der Waals surface area contributed by atoms with E-state index in [2.05, 4.69) is 5.32 Å². The number of benzene rings is 1. The molecule has 0 saturated heterocycles. The summed E-state index contributed by atoms with van der Waals surface area (Å²) in [5, 5.41) is 13.1. The molecule has 2 rings (SSSR count). The van der Waals surface area contributed by atoms with Crippen LogP contribution >= 0.6 is 0 Å². The largest absolute Gasteiger partial charge is 0.392 e. The van der Waals surface area contributed by atoms with Crippen LogP contribution in [0.4, 0.5) is 0 Å². The quantitative estimate of drug-likeness (QED) is 0.862. The molecule has 1 amide bonds. The number of nitrogens with one attached hydrogen (secondary N) is 1. The van der Waals surface area contributed by atoms with Gasteiger partial charge in [-0.1, -0.05) is 12.1 Å². The molecule has 0 radical (unpaired) electrons. The first kappa shape index (κ1) is 12.6. The molecule has 4 heteroatoms. The maximum Gasteiger partial charge on any atom is 0.240 e. The van der Waals surface area contributed by atoms with Crippen molar-refractivity contribution in [3.63, 3.8) is 0 Å². The van der Waals surface area contributed by atoms with Crippen LogP contribution in [0.25, 0.3) is 10.9 Å². The van der Waals surface area contributed by atoms with Gasteiger partial charge in [0.25, 0.3) is 0 Å². The average molecular weight is 246 g/mol. The van der Waals surface area contributed by atoms with Crippen LogP contribution in [0.1, 0.15) is 19.4 Å². The smallest absolute Gasteiger partial charge is 0.240 e. The van der Waals surface area contributed by atoms with E-state index in [1.54, 1.807) is 0 Å². The molecule has 0 aliphatic rings. The van der Waals surface area contributed by atoms with Crippen molar-refractivity contribution in [1.29, 1.82) is 0 Å². The highest BCUT2D eigenvalue weighted by Crippen LogP contribution is 2.17. The van der Waals surface area contributed by atoms with Crippen molar-refractivity contribution >= 4 is 16.8 Å². The molecule has 0 saturated carbocycles. The fourth-order valence-corrected chi connectivity index (χ4v) is 1.99. The van der Waals surface area contributed by atoms with E-state index in [1.165, 1.54) is 0 Å². The Morgan fingerprint density at radius 1 is 1.39 bits per heavy atom. The van der Waals surface area contributed by atoms with Gasteiger partial charge < -0.3 is 15.0 Å². The Kier molecular flexibility index (Phi) is 3.67. The monoisotopic (exact) mass is 246 g/mol. The topological polar surface area (TPSA) is 54.3 Å². The molecule has 0 aliphatic heterocycles. The number of fused-ring (bicyclic) bond motifs is 1. The molecule has 96 valence electrons. The number of amides is 1. The fraction of sp³-hybridized carbons (Fsp3) is 0.357. The highest BCUT2D eigenvalue weighted by molar-refractivity contribution is 5.83. The number of aromatic nitrogens is 1. The minimum atomic E-state index is -0.00287. The maximum atomic E-state index is 11.7. The zero-order valence-corrected chi connectivity index (χ0v) is 10.7. The molecule has 1 aromatic carbocycles. The lowest BCUT2D eigenvalue weighted by Crippen LogP contribution is -2.32. The third-order valence-electron chi connectivity index (χ3n) is 2.78. The Morgan fingerprint density at radius 3 is 2.83 bits per heavy atom. The van der Waals surface area contributed by atoms with Crippen molar-refractivity contribution in [2.75, 3.05) is 0 Å². The van der Waals surface area contributed by atoms with Crippen molar-refractivity contribution in [2.45, 2.75) is 33.0 Å². The van der Waals surface area contributed by atoms with E-state index in [0.717, 1.165) is 16.5 Å². The molecule has 18 heavy (non-hydrogen) atoms. The summed E-state index contributed by atoms with van der Waals surface area (Å²) in [5.74, 6) is -0.00287. The highest BCUT2D eigenvalue weighted by atomic mass is 16.3. The lowest BCUT2D eigenvalue weighted by molar-refractivity contribution is -0.122. The zero-order valence-electron chi connectivity index (χ0n) is 10.7. The number of nitrogens with zero attached hydrogens (tertiary/aromatic N) is 1. The Balaban J connectivity index is 2.25. The van der Waals surface area contributed by atoms with E-state index in [1.807, 2.05) is 48.9 Å². The summed E-state index contributed by atoms with van der Waals surface area (Å²) < 4.78 is 1.90. The molecule has 0 aliphatic carbocycles. The van der Waals surface area contributed by atoms with Crippen molar-refractivity contribution in [2.24, 2.45) is 0 Å². The standard InChI is InChI=1S/C14H18N2O2/c1-10(2)15-14(18)8-16-6-5-12-4-3-11(9-17)7-13(12)16/h3-7,10,17H,8-9H2,1-2H3,(H,15,18). The number of hydrogen-bond acceptors (Lipinski definition) is 2. The number of aliphatic hydroxyl groups is 1. The molecule has 0 atom stereocenters. The van der Waals surface area contributed by atoms with Crippen LogP contribution in [0, 0.1) is 0 Å². The van der Waals surface area contributed by atoms with E-state index >= 15 is 0 Å². The van der Waals surface area contributed by atoms with Gasteiger partial charge in [0.1, 0.15) is 6.54 Å². The highest BCUT2D eigenvalue weighted by Gasteiger charge is 2.07. The first-order chi connectivity index (χ1) is 8.60. The number of hydrogen-bond donors (Lipinski definition) is 2. The summed E-state index contributed by atoms with van der Waals surface area (Å²) in [6.07, 6.45) is 1.89. The second-order valence-corrected chi connectivity index (χ2v) is 4.72. The molecule has 0 fully saturated rings. The fourth-order valence-electron chi connectivity index (χ4n) is 1.99. The van der Waals surface area contributed by atoms with Crippen molar-refractivity contribution in [3.8, 4) is 0 Å². The Bertz CT molecular complexity index is 558. The molecular formula is C14H18N2O2. The van der Waals surface area contributed by atoms with Gasteiger partial charge in [-0.05, 0) is 36.9 Å². The van der Waals surface area contributed by atoms with Gasteiger partial charge in [-0.25, -0.2) is 0 Å². The lowest BCUT2D eigenvalue weighted by Gasteiger charge is -2.10. The summed E-state index contributed by atoms with van der Waals surface area (Å²) in [5.41, 5.74) is 1.83. The molecule has 0 spiro atoms. The van der Waals surface area contributed by atoms with Crippen LogP contribution in [0.15, 0.2) is 30.5 Å². The summed E-state index contributed by atoms with van der Waals surface area (Å²) >= 11 is 0. The zero-order chi connectivity index (χ0) is 13.1. The minimum absolute atomic E-state index is 0.00287. The van der Waals surface area contributed by atoms with Crippen molar-refractivity contribution in [3.05, 3.63) is 36.0 Å². The molecule has 1 heterocycles. The average Bonchev–Trinajstić information content (AvgIpc) is 2.70. The normalized spacial score (nSPS) is 11.1. The Hall–Kier alpha value is -1.81. The van der Waals surface area contributed by atoms with Gasteiger partial charge in [0.05, 0.1) is 6.61 Å². The molecular weight excluding hydrogens is 228 g/mol. The SMILES string of the molecule is CC(C)NC(=O)Cn1ccc2ccc(CO)cc21. The summed E-state index contributed by atoms with van der Waals surface area (Å²) in [6, 6.07) is 7.88. The molecule has 2 aromatic rings. The second-order valence-electron chi connectivity index (χ2n) is 4.72. The van der Waals surface area contributed by atoms with Crippen LogP contribution in [-0.4, -0.2) is 21.6 Å². The van der Waals surface area contributed by atoms with Gasteiger partial charge in [-0.15, -0.1) is 0 Å². The molecule has 1 aromatic heterocycles. The van der Waals surface area contributed by atoms with Gasteiger partial charge >= 0.3 is 0 Å². The number of rotatable bonds is 4. The first-order valence-electron chi connectivity index (χ1n) is 6.08. The summed E-state index contributed by atoms with van der Waals surface area (Å²) in [4.78, 5) is 11.7. The van der Waals surface area contributed by atoms with Crippen molar-refractivity contribution in [1.82, 2.24) is 9.88 Å². The Morgan fingerprint density at radius 2 is 2.17 bits per heavy atom. The second kappa shape index (κ2) is 5.23. The van der Waals surface area contributed by atoms with Crippen LogP contribution in [0.2, 0.25) is 0 Å². The van der Waals surface area contributed by atoms with E-state index in [4.69, 9.17) is 5.11 Å². The predicted molar refractivity (Wildman–Crippen MR) is 71.1 cm³/mol. The van der Waals surface area contributed by atoms with Gasteiger partial charge in [0.2, 0.25) is 5.91 Å². The molecule has 0 bridgehead atoms. The maximum absolute atomic E-state index is 11.7. The number of carbonyl (C=O) groups excluding carboxylic acids is 1. The first-order valence-corrected chi connectivity index (χ1v) is 6.08.